The van der Waals surface area contributed by atoms with Gasteiger partial charge in [0.2, 0.25) is 0 Å². The number of aryl methyl sites for hydroxylation is 1. The summed E-state index contributed by atoms with van der Waals surface area (Å²) in [5.74, 6) is 2.11. The Labute approximate surface area is 216 Å². The lowest BCUT2D eigenvalue weighted by molar-refractivity contribution is -0.364. The number of aromatic nitrogens is 2. The summed E-state index contributed by atoms with van der Waals surface area (Å²) in [5.41, 5.74) is 2.30. The molecule has 0 spiro atoms. The third-order valence-electron chi connectivity index (χ3n) is 6.93. The minimum absolute atomic E-state index is 0.128. The number of piperazine rings is 2. The number of anilines is 4. The van der Waals surface area contributed by atoms with Crippen molar-refractivity contribution in [2.24, 2.45) is 0 Å². The zero-order valence-electron chi connectivity index (χ0n) is 21.1. The third-order valence-corrected chi connectivity index (χ3v) is 6.93. The number of hydrogen-bond acceptors (Lipinski definition) is 4. The fraction of sp³-hybridized carbons (Fsp3) is 0.333. The van der Waals surface area contributed by atoms with Gasteiger partial charge in [0.05, 0.1) is 38.6 Å². The number of hydrogen-bond donors (Lipinski definition) is 2. The van der Waals surface area contributed by atoms with Gasteiger partial charge in [0.1, 0.15) is 26.2 Å². The van der Waals surface area contributed by atoms with E-state index in [0.717, 1.165) is 43.4 Å². The van der Waals surface area contributed by atoms with Crippen molar-refractivity contribution in [1.82, 2.24) is 9.80 Å². The van der Waals surface area contributed by atoms with E-state index in [9.17, 15) is 9.59 Å². The Morgan fingerprint density at radius 1 is 0.676 bits per heavy atom. The molecule has 0 aliphatic carbocycles. The van der Waals surface area contributed by atoms with Gasteiger partial charge in [-0.05, 0) is 36.8 Å². The summed E-state index contributed by atoms with van der Waals surface area (Å²) in [4.78, 5) is 40.5. The molecule has 0 radical (unpaired) electrons. The van der Waals surface area contributed by atoms with Crippen LogP contribution in [0.5, 0.6) is 0 Å². The molecular formula is C27H34N8O2+2. The van der Waals surface area contributed by atoms with Crippen molar-refractivity contribution in [3.63, 3.8) is 0 Å². The molecule has 192 valence electrons. The molecule has 37 heavy (non-hydrogen) atoms. The summed E-state index contributed by atoms with van der Waals surface area (Å²) in [6.07, 6.45) is 3.82. The highest BCUT2D eigenvalue weighted by Crippen LogP contribution is 2.22. The van der Waals surface area contributed by atoms with Crippen molar-refractivity contribution in [2.45, 2.75) is 6.92 Å². The molecule has 10 heteroatoms. The van der Waals surface area contributed by atoms with Gasteiger partial charge in [-0.15, -0.1) is 0 Å². The van der Waals surface area contributed by atoms with Gasteiger partial charge in [-0.2, -0.15) is 0 Å². The molecule has 0 bridgehead atoms. The highest BCUT2D eigenvalue weighted by molar-refractivity contribution is 5.93. The number of carbonyl (C=O) groups is 2. The Hall–Kier alpha value is -4.34. The van der Waals surface area contributed by atoms with Gasteiger partial charge in [-0.25, -0.2) is 19.6 Å². The van der Waals surface area contributed by atoms with Crippen LogP contribution in [0.15, 0.2) is 67.0 Å². The molecule has 0 saturated carbocycles. The number of nitrogens with one attached hydrogen (secondary N) is 4. The molecule has 4 heterocycles. The Bertz CT molecular complexity index is 1210. The molecular weight excluding hydrogens is 468 g/mol. The lowest BCUT2D eigenvalue weighted by Gasteiger charge is -2.31. The predicted octanol–water partition coefficient (Wildman–Crippen LogP) is 2.33. The standard InChI is InChI=1S/C27H32N8O2/c1-21-8-9-22(30-26(36)34-16-12-32(13-17-34)24-6-2-4-10-28-24)20-23(21)31-27(37)35-18-14-33(15-19-35)25-7-3-5-11-29-25/h2-11,20H,12-19H2,1H3,(H,30,36)(H,31,37)/p+2. The van der Waals surface area contributed by atoms with Crippen LogP contribution in [0.3, 0.4) is 0 Å². The molecule has 10 nitrogen and oxygen atoms in total. The topological polar surface area (TPSA) is 99.4 Å². The molecule has 2 fully saturated rings. The normalized spacial score (nSPS) is 15.9. The van der Waals surface area contributed by atoms with Crippen LogP contribution in [0.1, 0.15) is 5.56 Å². The highest BCUT2D eigenvalue weighted by atomic mass is 16.2. The lowest BCUT2D eigenvalue weighted by atomic mass is 10.2. The Kier molecular flexibility index (Phi) is 7.34. The van der Waals surface area contributed by atoms with E-state index in [1.54, 1.807) is 0 Å². The molecule has 3 aromatic rings. The fourth-order valence-electron chi connectivity index (χ4n) is 4.69. The third kappa shape index (κ3) is 5.91. The highest BCUT2D eigenvalue weighted by Gasteiger charge is 2.27. The Morgan fingerprint density at radius 3 is 1.68 bits per heavy atom. The van der Waals surface area contributed by atoms with Gasteiger partial charge in [-0.3, -0.25) is 9.80 Å². The molecule has 4 N–H and O–H groups in total. The molecule has 0 unspecified atom stereocenters. The van der Waals surface area contributed by atoms with Crippen molar-refractivity contribution >= 4 is 35.1 Å². The van der Waals surface area contributed by atoms with Gasteiger partial charge < -0.3 is 20.4 Å². The van der Waals surface area contributed by atoms with Crippen LogP contribution in [0.2, 0.25) is 0 Å². The second-order valence-corrected chi connectivity index (χ2v) is 9.33. The minimum atomic E-state index is -0.133. The van der Waals surface area contributed by atoms with E-state index in [2.05, 4.69) is 30.4 Å². The summed E-state index contributed by atoms with van der Waals surface area (Å²) >= 11 is 0. The second-order valence-electron chi connectivity index (χ2n) is 9.33. The van der Waals surface area contributed by atoms with Gasteiger partial charge in [0.25, 0.3) is 11.6 Å². The zero-order chi connectivity index (χ0) is 25.6. The first-order valence-corrected chi connectivity index (χ1v) is 12.7. The average molecular weight is 503 g/mol. The van der Waals surface area contributed by atoms with E-state index in [0.29, 0.717) is 37.6 Å². The number of aromatic amines is 2. The molecule has 2 saturated heterocycles. The maximum atomic E-state index is 13.0. The molecule has 2 aliphatic heterocycles. The number of pyridine rings is 2. The first kappa shape index (κ1) is 24.4. The summed E-state index contributed by atoms with van der Waals surface area (Å²) in [7, 11) is 0. The van der Waals surface area contributed by atoms with Gasteiger partial charge in [0, 0.05) is 23.5 Å². The minimum Gasteiger partial charge on any atom is -0.317 e. The molecule has 5 rings (SSSR count). The van der Waals surface area contributed by atoms with Crippen molar-refractivity contribution < 1.29 is 19.6 Å². The molecule has 2 aromatic heterocycles. The number of amides is 4. The number of nitrogens with zero attached hydrogens (tertiary/aromatic N) is 4. The van der Waals surface area contributed by atoms with Gasteiger partial charge >= 0.3 is 12.1 Å². The van der Waals surface area contributed by atoms with Gasteiger partial charge in [-0.1, -0.05) is 18.2 Å². The van der Waals surface area contributed by atoms with Crippen LogP contribution in [0.25, 0.3) is 0 Å². The Morgan fingerprint density at radius 2 is 1.19 bits per heavy atom. The summed E-state index contributed by atoms with van der Waals surface area (Å²) in [6.45, 7) is 7.54. The zero-order valence-corrected chi connectivity index (χ0v) is 21.1. The van der Waals surface area contributed by atoms with Crippen LogP contribution < -0.4 is 30.4 Å². The Balaban J connectivity index is 1.13. The van der Waals surface area contributed by atoms with Crippen molar-refractivity contribution in [3.05, 3.63) is 72.6 Å². The molecule has 0 atom stereocenters. The summed E-state index contributed by atoms with van der Waals surface area (Å²) < 4.78 is 0. The van der Waals surface area contributed by atoms with E-state index in [4.69, 9.17) is 0 Å². The molecule has 4 amide bonds. The summed E-state index contributed by atoms with van der Waals surface area (Å²) in [5, 5.41) is 6.03. The monoisotopic (exact) mass is 502 g/mol. The largest absolute Gasteiger partial charge is 0.322 e. The van der Waals surface area contributed by atoms with Gasteiger partial charge in [0.15, 0.2) is 0 Å². The van der Waals surface area contributed by atoms with Crippen LogP contribution in [-0.2, 0) is 0 Å². The average Bonchev–Trinajstić information content (AvgIpc) is 2.96. The maximum absolute atomic E-state index is 13.0. The second kappa shape index (κ2) is 11.2. The van der Waals surface area contributed by atoms with E-state index < -0.39 is 0 Å². The van der Waals surface area contributed by atoms with Crippen LogP contribution in [-0.4, -0.2) is 74.2 Å². The van der Waals surface area contributed by atoms with Crippen molar-refractivity contribution in [2.75, 3.05) is 72.8 Å². The van der Waals surface area contributed by atoms with E-state index in [1.807, 2.05) is 83.7 Å². The summed E-state index contributed by atoms with van der Waals surface area (Å²) in [6, 6.07) is 17.3. The van der Waals surface area contributed by atoms with Crippen LogP contribution in [0, 0.1) is 6.92 Å². The maximum Gasteiger partial charge on any atom is 0.322 e. The van der Waals surface area contributed by atoms with E-state index in [1.165, 1.54) is 0 Å². The van der Waals surface area contributed by atoms with Crippen LogP contribution >= 0.6 is 0 Å². The van der Waals surface area contributed by atoms with Crippen molar-refractivity contribution in [1.29, 1.82) is 0 Å². The number of H-pyrrole nitrogens is 2. The number of benzene rings is 1. The van der Waals surface area contributed by atoms with Crippen molar-refractivity contribution in [3.8, 4) is 0 Å². The van der Waals surface area contributed by atoms with E-state index in [-0.39, 0.29) is 12.1 Å². The SMILES string of the molecule is Cc1ccc(NC(=O)N2CCN(c3cccc[nH+]3)CC2)cc1NC(=O)N1CCN(c2cccc[nH+]2)CC1. The van der Waals surface area contributed by atoms with Crippen LogP contribution in [0.4, 0.5) is 32.6 Å². The first-order chi connectivity index (χ1) is 18.1. The number of rotatable bonds is 4. The predicted molar refractivity (Wildman–Crippen MR) is 143 cm³/mol. The smallest absolute Gasteiger partial charge is 0.317 e. The number of urea groups is 2. The molecule has 1 aromatic carbocycles. The fourth-order valence-corrected chi connectivity index (χ4v) is 4.69. The quantitative estimate of drug-likeness (QED) is 0.572. The molecule has 2 aliphatic rings. The first-order valence-electron chi connectivity index (χ1n) is 12.7. The lowest BCUT2D eigenvalue weighted by Crippen LogP contribution is -2.51. The number of carbonyl (C=O) groups excluding carboxylic acids is 2. The van der Waals surface area contributed by atoms with E-state index >= 15 is 0 Å².